The van der Waals surface area contributed by atoms with Crippen LogP contribution in [-0.2, 0) is 4.79 Å². The highest BCUT2D eigenvalue weighted by atomic mass is 32.2. The van der Waals surface area contributed by atoms with Gasteiger partial charge >= 0.3 is 0 Å². The lowest BCUT2D eigenvalue weighted by atomic mass is 10.2. The first-order chi connectivity index (χ1) is 10.1. The average molecular weight is 301 g/mol. The lowest BCUT2D eigenvalue weighted by Crippen LogP contribution is -2.24. The number of benzene rings is 1. The third-order valence-electron chi connectivity index (χ3n) is 3.02. The Morgan fingerprint density at radius 1 is 1.24 bits per heavy atom. The molecule has 0 saturated carbocycles. The molecule has 1 aromatic carbocycles. The molecule has 5 heteroatoms. The van der Waals surface area contributed by atoms with Crippen molar-refractivity contribution in [2.75, 3.05) is 5.32 Å². The summed E-state index contributed by atoms with van der Waals surface area (Å²) >= 11 is 1.47. The summed E-state index contributed by atoms with van der Waals surface area (Å²) < 4.78 is 0. The smallest absolute Gasteiger partial charge is 0.237 e. The summed E-state index contributed by atoms with van der Waals surface area (Å²) in [6.45, 7) is 5.94. The van der Waals surface area contributed by atoms with Crippen LogP contribution in [0, 0.1) is 13.8 Å². The Kier molecular flexibility index (Phi) is 5.33. The van der Waals surface area contributed by atoms with Gasteiger partial charge in [0, 0.05) is 11.4 Å². The SMILES string of the molecule is CC[C@H](Sc1cc(C)ncn1)C(=O)Nc1ccc(C)cc1. The quantitative estimate of drug-likeness (QED) is 0.677. The molecule has 0 unspecified atom stereocenters. The molecular formula is C16H19N3OS. The van der Waals surface area contributed by atoms with E-state index in [2.05, 4.69) is 15.3 Å². The third kappa shape index (κ3) is 4.56. The molecule has 0 saturated heterocycles. The van der Waals surface area contributed by atoms with Crippen molar-refractivity contribution in [3.8, 4) is 0 Å². The van der Waals surface area contributed by atoms with E-state index in [1.165, 1.54) is 23.7 Å². The van der Waals surface area contributed by atoms with Crippen molar-refractivity contribution in [3.05, 3.63) is 47.9 Å². The highest BCUT2D eigenvalue weighted by molar-refractivity contribution is 8.00. The van der Waals surface area contributed by atoms with E-state index in [-0.39, 0.29) is 11.2 Å². The third-order valence-corrected chi connectivity index (χ3v) is 4.32. The predicted molar refractivity (Wildman–Crippen MR) is 86.5 cm³/mol. The van der Waals surface area contributed by atoms with Gasteiger partial charge in [-0.1, -0.05) is 36.4 Å². The molecule has 0 radical (unpaired) electrons. The second-order valence-electron chi connectivity index (χ2n) is 4.87. The standard InChI is InChI=1S/C16H19N3OS/c1-4-14(21-15-9-12(3)17-10-18-15)16(20)19-13-7-5-11(2)6-8-13/h5-10,14H,4H2,1-3H3,(H,19,20)/t14-/m0/s1. The Labute approximate surface area is 129 Å². The van der Waals surface area contributed by atoms with E-state index in [1.807, 2.05) is 51.1 Å². The van der Waals surface area contributed by atoms with Crippen molar-refractivity contribution in [1.82, 2.24) is 9.97 Å². The van der Waals surface area contributed by atoms with E-state index >= 15 is 0 Å². The van der Waals surface area contributed by atoms with E-state index in [9.17, 15) is 4.79 Å². The van der Waals surface area contributed by atoms with Gasteiger partial charge in [0.05, 0.1) is 5.25 Å². The van der Waals surface area contributed by atoms with Gasteiger partial charge in [-0.15, -0.1) is 0 Å². The zero-order valence-corrected chi connectivity index (χ0v) is 13.3. The van der Waals surface area contributed by atoms with Crippen LogP contribution in [0.4, 0.5) is 5.69 Å². The van der Waals surface area contributed by atoms with Crippen LogP contribution in [0.1, 0.15) is 24.6 Å². The molecule has 0 aliphatic heterocycles. The first-order valence-electron chi connectivity index (χ1n) is 6.91. The van der Waals surface area contributed by atoms with Crippen molar-refractivity contribution >= 4 is 23.4 Å². The van der Waals surface area contributed by atoms with Gasteiger partial charge in [-0.05, 0) is 38.5 Å². The number of carbonyl (C=O) groups excluding carboxylic acids is 1. The molecule has 0 fully saturated rings. The van der Waals surface area contributed by atoms with E-state index in [4.69, 9.17) is 0 Å². The molecule has 1 atom stereocenters. The molecule has 4 nitrogen and oxygen atoms in total. The van der Waals surface area contributed by atoms with Crippen molar-refractivity contribution < 1.29 is 4.79 Å². The largest absolute Gasteiger partial charge is 0.325 e. The summed E-state index contributed by atoms with van der Waals surface area (Å²) in [4.78, 5) is 20.6. The van der Waals surface area contributed by atoms with E-state index in [1.54, 1.807) is 0 Å². The van der Waals surface area contributed by atoms with Gasteiger partial charge in [-0.2, -0.15) is 0 Å². The fraction of sp³-hybridized carbons (Fsp3) is 0.312. The number of thioether (sulfide) groups is 1. The number of amides is 1. The van der Waals surface area contributed by atoms with Gasteiger partial charge in [0.25, 0.3) is 0 Å². The number of aryl methyl sites for hydroxylation is 2. The molecule has 2 aromatic rings. The first-order valence-corrected chi connectivity index (χ1v) is 7.79. The lowest BCUT2D eigenvalue weighted by Gasteiger charge is -2.14. The number of anilines is 1. The van der Waals surface area contributed by atoms with Crippen molar-refractivity contribution in [1.29, 1.82) is 0 Å². The fourth-order valence-corrected chi connectivity index (χ4v) is 2.79. The van der Waals surface area contributed by atoms with Crippen molar-refractivity contribution in [3.63, 3.8) is 0 Å². The Morgan fingerprint density at radius 3 is 2.57 bits per heavy atom. The second-order valence-corrected chi connectivity index (χ2v) is 6.09. The van der Waals surface area contributed by atoms with E-state index < -0.39 is 0 Å². The van der Waals surface area contributed by atoms with Crippen LogP contribution in [0.15, 0.2) is 41.7 Å². The molecular weight excluding hydrogens is 282 g/mol. The highest BCUT2D eigenvalue weighted by Crippen LogP contribution is 2.25. The normalized spacial score (nSPS) is 12.0. The summed E-state index contributed by atoms with van der Waals surface area (Å²) in [5.74, 6) is 0.00242. The van der Waals surface area contributed by atoms with Crippen LogP contribution in [0.3, 0.4) is 0 Å². The molecule has 2 rings (SSSR count). The maximum Gasteiger partial charge on any atom is 0.237 e. The van der Waals surface area contributed by atoms with Crippen LogP contribution < -0.4 is 5.32 Å². The van der Waals surface area contributed by atoms with E-state index in [0.717, 1.165) is 22.8 Å². The molecule has 1 aromatic heterocycles. The fourth-order valence-electron chi connectivity index (χ4n) is 1.82. The second kappa shape index (κ2) is 7.22. The van der Waals surface area contributed by atoms with E-state index in [0.29, 0.717) is 0 Å². The number of nitrogens with zero attached hydrogens (tertiary/aromatic N) is 2. The van der Waals surface area contributed by atoms with Gasteiger partial charge in [0.2, 0.25) is 5.91 Å². The highest BCUT2D eigenvalue weighted by Gasteiger charge is 2.18. The number of carbonyl (C=O) groups is 1. The Hall–Kier alpha value is -1.88. The predicted octanol–water partition coefficient (Wildman–Crippen LogP) is 3.60. The molecule has 110 valence electrons. The molecule has 21 heavy (non-hydrogen) atoms. The maximum absolute atomic E-state index is 12.3. The maximum atomic E-state index is 12.3. The molecule has 1 heterocycles. The summed E-state index contributed by atoms with van der Waals surface area (Å²) in [5.41, 5.74) is 2.90. The number of rotatable bonds is 5. The van der Waals surface area contributed by atoms with Crippen LogP contribution in [0.25, 0.3) is 0 Å². The van der Waals surface area contributed by atoms with Crippen LogP contribution in [0.2, 0.25) is 0 Å². The van der Waals surface area contributed by atoms with Crippen molar-refractivity contribution in [2.45, 2.75) is 37.5 Å². The summed E-state index contributed by atoms with van der Waals surface area (Å²) in [6.07, 6.45) is 2.27. The zero-order chi connectivity index (χ0) is 15.2. The monoisotopic (exact) mass is 301 g/mol. The molecule has 1 amide bonds. The number of hydrogen-bond acceptors (Lipinski definition) is 4. The number of aromatic nitrogens is 2. The van der Waals surface area contributed by atoms with Gasteiger partial charge in [0.1, 0.15) is 11.4 Å². The van der Waals surface area contributed by atoms with Crippen LogP contribution in [0.5, 0.6) is 0 Å². The van der Waals surface area contributed by atoms with Crippen LogP contribution in [-0.4, -0.2) is 21.1 Å². The molecule has 0 aliphatic rings. The topological polar surface area (TPSA) is 54.9 Å². The molecule has 1 N–H and O–H groups in total. The van der Waals surface area contributed by atoms with Crippen molar-refractivity contribution in [2.24, 2.45) is 0 Å². The lowest BCUT2D eigenvalue weighted by molar-refractivity contribution is -0.115. The molecule has 0 aliphatic carbocycles. The molecule has 0 spiro atoms. The molecule has 0 bridgehead atoms. The van der Waals surface area contributed by atoms with Gasteiger partial charge in [0.15, 0.2) is 0 Å². The number of hydrogen-bond donors (Lipinski definition) is 1. The zero-order valence-electron chi connectivity index (χ0n) is 12.5. The minimum atomic E-state index is -0.166. The summed E-state index contributed by atoms with van der Waals surface area (Å²) in [7, 11) is 0. The van der Waals surface area contributed by atoms with Crippen LogP contribution >= 0.6 is 11.8 Å². The Bertz CT molecular complexity index is 613. The summed E-state index contributed by atoms with van der Waals surface area (Å²) in [5, 5.41) is 3.61. The summed E-state index contributed by atoms with van der Waals surface area (Å²) in [6, 6.07) is 9.69. The first kappa shape index (κ1) is 15.5. The minimum Gasteiger partial charge on any atom is -0.325 e. The van der Waals surface area contributed by atoms with Gasteiger partial charge in [-0.25, -0.2) is 9.97 Å². The average Bonchev–Trinajstić information content (AvgIpc) is 2.47. The minimum absolute atomic E-state index is 0.00242. The number of nitrogens with one attached hydrogen (secondary N) is 1. The Balaban J connectivity index is 2.03. The Morgan fingerprint density at radius 2 is 1.95 bits per heavy atom. The van der Waals surface area contributed by atoms with Gasteiger partial charge in [-0.3, -0.25) is 4.79 Å². The van der Waals surface area contributed by atoms with Gasteiger partial charge < -0.3 is 5.32 Å².